The maximum Gasteiger partial charge on any atom is 0.274 e. The Labute approximate surface area is 105 Å². The van der Waals surface area contributed by atoms with Crippen molar-refractivity contribution in [3.8, 4) is 0 Å². The van der Waals surface area contributed by atoms with Crippen molar-refractivity contribution in [3.63, 3.8) is 0 Å². The number of carbonyl (C=O) groups is 2. The fourth-order valence-electron chi connectivity index (χ4n) is 2.19. The molecule has 2 amide bonds. The first-order valence-corrected chi connectivity index (χ1v) is 5.88. The maximum atomic E-state index is 12.2. The van der Waals surface area contributed by atoms with Gasteiger partial charge < -0.3 is 10.6 Å². The molecule has 0 radical (unpaired) electrons. The van der Waals surface area contributed by atoms with Crippen LogP contribution in [0.5, 0.6) is 0 Å². The van der Waals surface area contributed by atoms with Crippen molar-refractivity contribution in [2.24, 2.45) is 11.1 Å². The molecular weight excluding hydrogens is 232 g/mol. The molecule has 0 aliphatic carbocycles. The van der Waals surface area contributed by atoms with Gasteiger partial charge in [-0.1, -0.05) is 0 Å². The van der Waals surface area contributed by atoms with E-state index in [1.165, 1.54) is 18.6 Å². The lowest BCUT2D eigenvalue weighted by atomic mass is 9.81. The molecule has 1 fully saturated rings. The molecule has 96 valence electrons. The maximum absolute atomic E-state index is 12.2. The number of piperidine rings is 1. The van der Waals surface area contributed by atoms with Crippen molar-refractivity contribution >= 4 is 11.8 Å². The monoisotopic (exact) mass is 248 g/mol. The molecule has 0 saturated carbocycles. The predicted octanol–water partition coefficient (Wildman–Crippen LogP) is 0.204. The van der Waals surface area contributed by atoms with Gasteiger partial charge in [-0.3, -0.25) is 14.6 Å². The van der Waals surface area contributed by atoms with E-state index in [1.807, 2.05) is 0 Å². The Hall–Kier alpha value is -1.98. The van der Waals surface area contributed by atoms with Crippen molar-refractivity contribution in [3.05, 3.63) is 24.3 Å². The molecule has 1 unspecified atom stereocenters. The average molecular weight is 248 g/mol. The molecule has 1 aromatic heterocycles. The highest BCUT2D eigenvalue weighted by Crippen LogP contribution is 2.29. The quantitative estimate of drug-likeness (QED) is 0.809. The first-order chi connectivity index (χ1) is 8.53. The first-order valence-electron chi connectivity index (χ1n) is 5.88. The van der Waals surface area contributed by atoms with Gasteiger partial charge in [0.1, 0.15) is 5.69 Å². The number of nitrogens with zero attached hydrogens (tertiary/aromatic N) is 3. The number of rotatable bonds is 2. The minimum Gasteiger partial charge on any atom is -0.369 e. The lowest BCUT2D eigenvalue weighted by molar-refractivity contribution is -0.129. The molecule has 0 aromatic carbocycles. The van der Waals surface area contributed by atoms with Crippen LogP contribution in [0.25, 0.3) is 0 Å². The normalized spacial score (nSPS) is 23.7. The van der Waals surface area contributed by atoms with Crippen LogP contribution < -0.4 is 5.73 Å². The summed E-state index contributed by atoms with van der Waals surface area (Å²) < 4.78 is 0. The van der Waals surface area contributed by atoms with Crippen molar-refractivity contribution in [2.75, 3.05) is 13.1 Å². The molecule has 18 heavy (non-hydrogen) atoms. The van der Waals surface area contributed by atoms with E-state index in [1.54, 1.807) is 11.8 Å². The van der Waals surface area contributed by atoms with Crippen molar-refractivity contribution in [1.82, 2.24) is 14.9 Å². The van der Waals surface area contributed by atoms with Gasteiger partial charge in [0, 0.05) is 25.5 Å². The highest BCUT2D eigenvalue weighted by Gasteiger charge is 2.38. The van der Waals surface area contributed by atoms with Gasteiger partial charge in [0.15, 0.2) is 0 Å². The number of carbonyl (C=O) groups excluding carboxylic acids is 2. The molecule has 1 atom stereocenters. The number of primary amides is 1. The van der Waals surface area contributed by atoms with Crippen LogP contribution in [0.4, 0.5) is 0 Å². The molecule has 1 aliphatic rings. The Morgan fingerprint density at radius 1 is 1.44 bits per heavy atom. The van der Waals surface area contributed by atoms with Crippen LogP contribution >= 0.6 is 0 Å². The summed E-state index contributed by atoms with van der Waals surface area (Å²) in [5, 5.41) is 0. The molecule has 0 spiro atoms. The standard InChI is InChI=1S/C12H16N4O2/c1-12(11(13)18)3-2-6-16(8-12)10(17)9-7-14-4-5-15-9/h4-5,7H,2-3,6,8H2,1H3,(H2,13,18). The Kier molecular flexibility index (Phi) is 3.27. The summed E-state index contributed by atoms with van der Waals surface area (Å²) in [5.41, 5.74) is 5.05. The fraction of sp³-hybridized carbons (Fsp3) is 0.500. The van der Waals surface area contributed by atoms with E-state index in [4.69, 9.17) is 5.73 Å². The Balaban J connectivity index is 2.15. The predicted molar refractivity (Wildman–Crippen MR) is 64.5 cm³/mol. The van der Waals surface area contributed by atoms with E-state index >= 15 is 0 Å². The third-order valence-electron chi connectivity index (χ3n) is 3.36. The van der Waals surface area contributed by atoms with Crippen molar-refractivity contribution in [1.29, 1.82) is 0 Å². The summed E-state index contributed by atoms with van der Waals surface area (Å²) in [4.78, 5) is 33.1. The average Bonchev–Trinajstić information content (AvgIpc) is 2.39. The van der Waals surface area contributed by atoms with Crippen LogP contribution in [0.2, 0.25) is 0 Å². The van der Waals surface area contributed by atoms with E-state index in [-0.39, 0.29) is 11.8 Å². The summed E-state index contributed by atoms with van der Waals surface area (Å²) in [6, 6.07) is 0. The van der Waals surface area contributed by atoms with E-state index in [0.717, 1.165) is 6.42 Å². The number of hydrogen-bond donors (Lipinski definition) is 1. The molecular formula is C12H16N4O2. The second-order valence-corrected chi connectivity index (χ2v) is 4.85. The number of nitrogens with two attached hydrogens (primary N) is 1. The van der Waals surface area contributed by atoms with E-state index < -0.39 is 5.41 Å². The Bertz CT molecular complexity index is 462. The topological polar surface area (TPSA) is 89.2 Å². The van der Waals surface area contributed by atoms with Gasteiger partial charge >= 0.3 is 0 Å². The number of aromatic nitrogens is 2. The summed E-state index contributed by atoms with van der Waals surface area (Å²) in [7, 11) is 0. The number of amides is 2. The summed E-state index contributed by atoms with van der Waals surface area (Å²) in [6.45, 7) is 2.77. The molecule has 1 saturated heterocycles. The van der Waals surface area contributed by atoms with Gasteiger partial charge in [0.25, 0.3) is 5.91 Å². The molecule has 6 nitrogen and oxygen atoms in total. The van der Waals surface area contributed by atoms with Crippen molar-refractivity contribution in [2.45, 2.75) is 19.8 Å². The highest BCUT2D eigenvalue weighted by atomic mass is 16.2. The largest absolute Gasteiger partial charge is 0.369 e. The van der Waals surface area contributed by atoms with Crippen LogP contribution in [-0.2, 0) is 4.79 Å². The zero-order valence-electron chi connectivity index (χ0n) is 10.3. The second kappa shape index (κ2) is 4.72. The molecule has 2 heterocycles. The second-order valence-electron chi connectivity index (χ2n) is 4.85. The zero-order chi connectivity index (χ0) is 13.2. The molecule has 0 bridgehead atoms. The lowest BCUT2D eigenvalue weighted by Gasteiger charge is -2.38. The third-order valence-corrected chi connectivity index (χ3v) is 3.36. The molecule has 1 aromatic rings. The SMILES string of the molecule is CC1(C(N)=O)CCCN(C(=O)c2cnccn2)C1. The highest BCUT2D eigenvalue weighted by molar-refractivity contribution is 5.92. The van der Waals surface area contributed by atoms with Gasteiger partial charge in [-0.25, -0.2) is 4.98 Å². The smallest absolute Gasteiger partial charge is 0.274 e. The Morgan fingerprint density at radius 3 is 2.83 bits per heavy atom. The van der Waals surface area contributed by atoms with Gasteiger partial charge in [0.05, 0.1) is 11.6 Å². The molecule has 1 aliphatic heterocycles. The first kappa shape index (κ1) is 12.5. The molecule has 2 rings (SSSR count). The fourth-order valence-corrected chi connectivity index (χ4v) is 2.19. The summed E-state index contributed by atoms with van der Waals surface area (Å²) in [5.74, 6) is -0.561. The van der Waals surface area contributed by atoms with Crippen LogP contribution in [0.1, 0.15) is 30.3 Å². The molecule has 2 N–H and O–H groups in total. The van der Waals surface area contributed by atoms with E-state index in [9.17, 15) is 9.59 Å². The van der Waals surface area contributed by atoms with Crippen LogP contribution in [-0.4, -0.2) is 39.8 Å². The number of hydrogen-bond acceptors (Lipinski definition) is 4. The van der Waals surface area contributed by atoms with Crippen LogP contribution in [0.15, 0.2) is 18.6 Å². The van der Waals surface area contributed by atoms with E-state index in [2.05, 4.69) is 9.97 Å². The van der Waals surface area contributed by atoms with Gasteiger partial charge in [-0.15, -0.1) is 0 Å². The van der Waals surface area contributed by atoms with E-state index in [0.29, 0.717) is 25.2 Å². The van der Waals surface area contributed by atoms with Gasteiger partial charge in [0.2, 0.25) is 5.91 Å². The van der Waals surface area contributed by atoms with Crippen LogP contribution in [0, 0.1) is 5.41 Å². The third kappa shape index (κ3) is 2.32. The summed E-state index contributed by atoms with van der Waals surface area (Å²) in [6.07, 6.45) is 5.90. The summed E-state index contributed by atoms with van der Waals surface area (Å²) >= 11 is 0. The minimum atomic E-state index is -0.643. The lowest BCUT2D eigenvalue weighted by Crippen LogP contribution is -2.50. The number of likely N-dealkylation sites (tertiary alicyclic amines) is 1. The van der Waals surface area contributed by atoms with Crippen LogP contribution in [0.3, 0.4) is 0 Å². The van der Waals surface area contributed by atoms with Gasteiger partial charge in [-0.05, 0) is 19.8 Å². The Morgan fingerprint density at radius 2 is 2.22 bits per heavy atom. The zero-order valence-corrected chi connectivity index (χ0v) is 10.3. The molecule has 6 heteroatoms. The van der Waals surface area contributed by atoms with Gasteiger partial charge in [-0.2, -0.15) is 0 Å². The minimum absolute atomic E-state index is 0.199. The van der Waals surface area contributed by atoms with Crippen molar-refractivity contribution < 1.29 is 9.59 Å².